The first-order valence-electron chi connectivity index (χ1n) is 3.39. The van der Waals surface area contributed by atoms with E-state index in [0.29, 0.717) is 12.3 Å². The summed E-state index contributed by atoms with van der Waals surface area (Å²) in [6, 6.07) is 0. The minimum Gasteiger partial charge on any atom is -0.382 e. The highest BCUT2D eigenvalue weighted by atomic mass is 16.6. The van der Waals surface area contributed by atoms with Crippen LogP contribution in [-0.4, -0.2) is 36.8 Å². The molecule has 0 radical (unpaired) electrons. The largest absolute Gasteiger partial charge is 0.382 e. The summed E-state index contributed by atoms with van der Waals surface area (Å²) >= 11 is 0. The van der Waals surface area contributed by atoms with E-state index in [1.807, 2.05) is 0 Å². The molecule has 0 atom stereocenters. The van der Waals surface area contributed by atoms with Gasteiger partial charge in [0.15, 0.2) is 12.3 Å². The third kappa shape index (κ3) is 1.74. The lowest BCUT2D eigenvalue weighted by Gasteiger charge is -2.03. The third-order valence-electron chi connectivity index (χ3n) is 1.36. The number of terminal acetylenes is 1. The SMILES string of the molecule is C#CCON=C1CNN(C)C1=O. The van der Waals surface area contributed by atoms with Crippen molar-refractivity contribution in [2.24, 2.45) is 5.16 Å². The standard InChI is InChI=1S/C7H9N3O2/c1-3-4-12-9-6-5-8-10(2)7(6)11/h1,8H,4-5H2,2H3. The Labute approximate surface area is 70.3 Å². The molecule has 1 aliphatic heterocycles. The zero-order valence-electron chi connectivity index (χ0n) is 6.70. The minimum absolute atomic E-state index is 0.0838. The molecule has 5 nitrogen and oxygen atoms in total. The molecule has 1 heterocycles. The van der Waals surface area contributed by atoms with E-state index in [2.05, 4.69) is 21.3 Å². The van der Waals surface area contributed by atoms with Gasteiger partial charge in [0.05, 0.1) is 6.54 Å². The van der Waals surface area contributed by atoms with Gasteiger partial charge in [0, 0.05) is 7.05 Å². The zero-order chi connectivity index (χ0) is 8.97. The highest BCUT2D eigenvalue weighted by molar-refractivity contribution is 6.40. The number of amides is 1. The van der Waals surface area contributed by atoms with E-state index in [1.165, 1.54) is 5.01 Å². The van der Waals surface area contributed by atoms with Gasteiger partial charge in [-0.15, -0.1) is 6.42 Å². The molecule has 5 heteroatoms. The Balaban J connectivity index is 2.49. The molecule has 0 spiro atoms. The van der Waals surface area contributed by atoms with Crippen molar-refractivity contribution in [3.8, 4) is 12.3 Å². The van der Waals surface area contributed by atoms with E-state index in [-0.39, 0.29) is 12.5 Å². The molecular weight excluding hydrogens is 158 g/mol. The lowest BCUT2D eigenvalue weighted by Crippen LogP contribution is -2.29. The average Bonchev–Trinajstić information content (AvgIpc) is 2.36. The molecular formula is C7H9N3O2. The second kappa shape index (κ2) is 3.74. The van der Waals surface area contributed by atoms with Gasteiger partial charge >= 0.3 is 0 Å². The second-order valence-corrected chi connectivity index (χ2v) is 2.21. The summed E-state index contributed by atoms with van der Waals surface area (Å²) in [5.74, 6) is 2.06. The lowest BCUT2D eigenvalue weighted by atomic mass is 10.4. The summed E-state index contributed by atoms with van der Waals surface area (Å²) in [6.07, 6.45) is 4.92. The summed E-state index contributed by atoms with van der Waals surface area (Å²) in [6.45, 7) is 0.473. The molecule has 1 rings (SSSR count). The Morgan fingerprint density at radius 1 is 1.92 bits per heavy atom. The number of nitrogens with one attached hydrogen (secondary N) is 1. The number of rotatable bonds is 2. The molecule has 0 saturated carbocycles. The summed E-state index contributed by atoms with van der Waals surface area (Å²) in [7, 11) is 1.62. The van der Waals surface area contributed by atoms with Crippen molar-refractivity contribution in [1.82, 2.24) is 10.4 Å². The Bertz CT molecular complexity index is 254. The van der Waals surface area contributed by atoms with Crippen LogP contribution in [0.25, 0.3) is 0 Å². The highest BCUT2D eigenvalue weighted by Crippen LogP contribution is 1.94. The number of carbonyl (C=O) groups is 1. The molecule has 1 saturated heterocycles. The Morgan fingerprint density at radius 2 is 2.67 bits per heavy atom. The Hall–Kier alpha value is -1.54. The number of hydrogen-bond acceptors (Lipinski definition) is 4. The first kappa shape index (κ1) is 8.56. The van der Waals surface area contributed by atoms with Crippen molar-refractivity contribution in [3.63, 3.8) is 0 Å². The van der Waals surface area contributed by atoms with Crippen molar-refractivity contribution in [2.75, 3.05) is 20.2 Å². The molecule has 1 aliphatic rings. The fourth-order valence-corrected chi connectivity index (χ4v) is 0.753. The van der Waals surface area contributed by atoms with Gasteiger partial charge < -0.3 is 4.84 Å². The van der Waals surface area contributed by atoms with Crippen molar-refractivity contribution < 1.29 is 9.63 Å². The molecule has 1 fully saturated rings. The van der Waals surface area contributed by atoms with E-state index in [0.717, 1.165) is 0 Å². The zero-order valence-corrected chi connectivity index (χ0v) is 6.70. The molecule has 0 aliphatic carbocycles. The van der Waals surface area contributed by atoms with Gasteiger partial charge in [0.25, 0.3) is 5.91 Å². The van der Waals surface area contributed by atoms with Gasteiger partial charge in [-0.25, -0.2) is 5.43 Å². The molecule has 0 aromatic carbocycles. The van der Waals surface area contributed by atoms with Gasteiger partial charge in [0.2, 0.25) is 0 Å². The van der Waals surface area contributed by atoms with E-state index < -0.39 is 0 Å². The van der Waals surface area contributed by atoms with Crippen LogP contribution in [0.5, 0.6) is 0 Å². The van der Waals surface area contributed by atoms with Gasteiger partial charge in [-0.3, -0.25) is 9.80 Å². The van der Waals surface area contributed by atoms with Crippen LogP contribution in [0.1, 0.15) is 0 Å². The van der Waals surface area contributed by atoms with Crippen LogP contribution in [0.4, 0.5) is 0 Å². The van der Waals surface area contributed by atoms with Crippen LogP contribution < -0.4 is 5.43 Å². The molecule has 0 aromatic rings. The van der Waals surface area contributed by atoms with Crippen LogP contribution in [0.3, 0.4) is 0 Å². The molecule has 0 aromatic heterocycles. The topological polar surface area (TPSA) is 53.9 Å². The van der Waals surface area contributed by atoms with E-state index in [1.54, 1.807) is 7.05 Å². The molecule has 1 N–H and O–H groups in total. The Kier molecular flexibility index (Phi) is 2.66. The maximum Gasteiger partial charge on any atom is 0.286 e. The van der Waals surface area contributed by atoms with E-state index in [4.69, 9.17) is 6.42 Å². The summed E-state index contributed by atoms with van der Waals surface area (Å²) in [5.41, 5.74) is 3.11. The quantitative estimate of drug-likeness (QED) is 0.325. The van der Waals surface area contributed by atoms with Crippen molar-refractivity contribution in [1.29, 1.82) is 0 Å². The molecule has 0 bridgehead atoms. The number of hydrazine groups is 1. The summed E-state index contributed by atoms with van der Waals surface area (Å²) < 4.78 is 0. The maximum absolute atomic E-state index is 11.1. The Morgan fingerprint density at radius 3 is 3.17 bits per heavy atom. The van der Waals surface area contributed by atoms with Crippen molar-refractivity contribution in [3.05, 3.63) is 0 Å². The monoisotopic (exact) mass is 167 g/mol. The number of nitrogens with zero attached hydrogens (tertiary/aromatic N) is 2. The van der Waals surface area contributed by atoms with Crippen LogP contribution in [0, 0.1) is 12.3 Å². The second-order valence-electron chi connectivity index (χ2n) is 2.21. The predicted molar refractivity (Wildman–Crippen MR) is 43.0 cm³/mol. The minimum atomic E-state index is -0.188. The first-order valence-corrected chi connectivity index (χ1v) is 3.39. The van der Waals surface area contributed by atoms with Crippen LogP contribution in [0.2, 0.25) is 0 Å². The van der Waals surface area contributed by atoms with Gasteiger partial charge in [0.1, 0.15) is 0 Å². The molecule has 0 unspecified atom stereocenters. The number of carbonyl (C=O) groups excluding carboxylic acids is 1. The van der Waals surface area contributed by atoms with Crippen molar-refractivity contribution >= 4 is 11.6 Å². The van der Waals surface area contributed by atoms with Crippen LogP contribution >= 0.6 is 0 Å². The van der Waals surface area contributed by atoms with Gasteiger partial charge in [-0.05, 0) is 0 Å². The molecule has 12 heavy (non-hydrogen) atoms. The first-order chi connectivity index (χ1) is 5.75. The summed E-state index contributed by atoms with van der Waals surface area (Å²) in [5, 5.41) is 4.91. The van der Waals surface area contributed by atoms with Crippen molar-refractivity contribution in [2.45, 2.75) is 0 Å². The number of hydrogen-bond donors (Lipinski definition) is 1. The number of oxime groups is 1. The predicted octanol–water partition coefficient (Wildman–Crippen LogP) is -1.03. The molecule has 1 amide bonds. The van der Waals surface area contributed by atoms with E-state index >= 15 is 0 Å². The average molecular weight is 167 g/mol. The fraction of sp³-hybridized carbons (Fsp3) is 0.429. The normalized spacial score (nSPS) is 19.8. The third-order valence-corrected chi connectivity index (χ3v) is 1.36. The van der Waals surface area contributed by atoms with Crippen LogP contribution in [0.15, 0.2) is 5.16 Å². The van der Waals surface area contributed by atoms with Crippen LogP contribution in [-0.2, 0) is 9.63 Å². The van der Waals surface area contributed by atoms with Gasteiger partial charge in [-0.2, -0.15) is 0 Å². The molecule has 64 valence electrons. The summed E-state index contributed by atoms with van der Waals surface area (Å²) in [4.78, 5) is 15.8. The van der Waals surface area contributed by atoms with Gasteiger partial charge in [-0.1, -0.05) is 11.1 Å². The highest BCUT2D eigenvalue weighted by Gasteiger charge is 2.24. The fourth-order valence-electron chi connectivity index (χ4n) is 0.753. The smallest absolute Gasteiger partial charge is 0.286 e. The van der Waals surface area contributed by atoms with E-state index in [9.17, 15) is 4.79 Å². The maximum atomic E-state index is 11.1. The lowest BCUT2D eigenvalue weighted by molar-refractivity contribution is -0.123.